The number of benzene rings is 1. The Kier molecular flexibility index (Phi) is 2.72. The lowest BCUT2D eigenvalue weighted by Gasteiger charge is -2.09. The highest BCUT2D eigenvalue weighted by Crippen LogP contribution is 2.22. The van der Waals surface area contributed by atoms with Gasteiger partial charge in [0.25, 0.3) is 0 Å². The molecular weight excluding hydrogens is 205 g/mol. The Morgan fingerprint density at radius 2 is 1.94 bits per heavy atom. The molecule has 0 saturated carbocycles. The second kappa shape index (κ2) is 4.18. The highest BCUT2D eigenvalue weighted by Gasteiger charge is 2.04. The zero-order chi connectivity index (χ0) is 11.5. The van der Waals surface area contributed by atoms with Crippen LogP contribution in [0.2, 0.25) is 0 Å². The van der Waals surface area contributed by atoms with Gasteiger partial charge in [-0.25, -0.2) is 9.37 Å². The van der Waals surface area contributed by atoms with Crippen LogP contribution in [0.15, 0.2) is 36.4 Å². The van der Waals surface area contributed by atoms with E-state index in [0.717, 1.165) is 5.69 Å². The first kappa shape index (κ1) is 10.4. The Labute approximate surface area is 93.1 Å². The normalized spacial score (nSPS) is 10.1. The van der Waals surface area contributed by atoms with E-state index >= 15 is 0 Å². The molecule has 3 N–H and O–H groups in total. The summed E-state index contributed by atoms with van der Waals surface area (Å²) in [4.78, 5) is 4.21. The molecule has 1 aromatic heterocycles. The average Bonchev–Trinajstić information content (AvgIpc) is 2.27. The number of nitrogens with one attached hydrogen (secondary N) is 1. The van der Waals surface area contributed by atoms with Crippen LogP contribution in [0.3, 0.4) is 0 Å². The van der Waals surface area contributed by atoms with Gasteiger partial charge in [0.1, 0.15) is 5.82 Å². The van der Waals surface area contributed by atoms with E-state index in [1.54, 1.807) is 24.3 Å². The lowest BCUT2D eigenvalue weighted by atomic mass is 10.3. The number of nitrogens with two attached hydrogens (primary N) is 1. The van der Waals surface area contributed by atoms with E-state index in [1.807, 2.05) is 13.0 Å². The van der Waals surface area contributed by atoms with Crippen LogP contribution in [0.1, 0.15) is 5.69 Å². The quantitative estimate of drug-likeness (QED) is 0.813. The summed E-state index contributed by atoms with van der Waals surface area (Å²) in [6.07, 6.45) is 0. The topological polar surface area (TPSA) is 50.9 Å². The summed E-state index contributed by atoms with van der Waals surface area (Å²) in [6.45, 7) is 1.85. The van der Waals surface area contributed by atoms with Gasteiger partial charge < -0.3 is 11.1 Å². The molecule has 0 bridgehead atoms. The number of halogens is 1. The van der Waals surface area contributed by atoms with E-state index in [2.05, 4.69) is 10.3 Å². The van der Waals surface area contributed by atoms with Crippen LogP contribution >= 0.6 is 0 Å². The van der Waals surface area contributed by atoms with Crippen molar-refractivity contribution in [1.29, 1.82) is 0 Å². The number of nitrogens with zero attached hydrogens (tertiary/aromatic N) is 1. The molecule has 2 aromatic rings. The highest BCUT2D eigenvalue weighted by atomic mass is 19.1. The van der Waals surface area contributed by atoms with Crippen LogP contribution in [0.5, 0.6) is 0 Å². The molecule has 1 aromatic carbocycles. The molecule has 0 unspecified atom stereocenters. The minimum absolute atomic E-state index is 0.329. The predicted octanol–water partition coefficient (Wildman–Crippen LogP) is 2.85. The first-order valence-electron chi connectivity index (χ1n) is 4.91. The maximum Gasteiger partial charge on any atom is 0.153 e. The molecule has 1 heterocycles. The summed E-state index contributed by atoms with van der Waals surface area (Å²) in [5, 5.41) is 2.87. The number of aryl methyl sites for hydroxylation is 1. The molecule has 16 heavy (non-hydrogen) atoms. The maximum atomic E-state index is 13.4. The molecule has 0 aliphatic rings. The molecule has 82 valence electrons. The van der Waals surface area contributed by atoms with Crippen molar-refractivity contribution in [1.82, 2.24) is 4.98 Å². The molecule has 0 radical (unpaired) electrons. The first-order chi connectivity index (χ1) is 7.66. The highest BCUT2D eigenvalue weighted by molar-refractivity contribution is 5.68. The number of hydrogen-bond donors (Lipinski definition) is 2. The van der Waals surface area contributed by atoms with Crippen molar-refractivity contribution < 1.29 is 4.39 Å². The minimum atomic E-state index is -0.329. The SMILES string of the molecule is Cc1ccc(N)c(Nc2ccccc2F)n1. The van der Waals surface area contributed by atoms with Crippen LogP contribution in [0, 0.1) is 12.7 Å². The summed E-state index contributed by atoms with van der Waals surface area (Å²) in [5.74, 6) is 0.148. The summed E-state index contributed by atoms with van der Waals surface area (Å²) >= 11 is 0. The van der Waals surface area contributed by atoms with E-state index in [0.29, 0.717) is 17.2 Å². The Bertz CT molecular complexity index is 511. The van der Waals surface area contributed by atoms with E-state index in [1.165, 1.54) is 6.07 Å². The van der Waals surface area contributed by atoms with E-state index in [9.17, 15) is 4.39 Å². The van der Waals surface area contributed by atoms with Gasteiger partial charge in [-0.05, 0) is 31.2 Å². The van der Waals surface area contributed by atoms with Gasteiger partial charge in [0, 0.05) is 5.69 Å². The lowest BCUT2D eigenvalue weighted by Crippen LogP contribution is -2.01. The van der Waals surface area contributed by atoms with Crippen LogP contribution in [0.25, 0.3) is 0 Å². The fourth-order valence-corrected chi connectivity index (χ4v) is 1.36. The summed E-state index contributed by atoms with van der Waals surface area (Å²) in [6, 6.07) is 9.95. The van der Waals surface area contributed by atoms with Gasteiger partial charge in [-0.1, -0.05) is 12.1 Å². The second-order valence-corrected chi connectivity index (χ2v) is 3.50. The number of anilines is 3. The first-order valence-corrected chi connectivity index (χ1v) is 4.91. The number of rotatable bonds is 2. The Balaban J connectivity index is 2.34. The molecular formula is C12H12FN3. The third kappa shape index (κ3) is 2.11. The van der Waals surface area contributed by atoms with Crippen molar-refractivity contribution in [3.63, 3.8) is 0 Å². The lowest BCUT2D eigenvalue weighted by molar-refractivity contribution is 0.632. The van der Waals surface area contributed by atoms with Crippen molar-refractivity contribution in [2.75, 3.05) is 11.1 Å². The van der Waals surface area contributed by atoms with Gasteiger partial charge in [-0.15, -0.1) is 0 Å². The fourth-order valence-electron chi connectivity index (χ4n) is 1.36. The summed E-state index contributed by atoms with van der Waals surface area (Å²) in [7, 11) is 0. The van der Waals surface area contributed by atoms with E-state index in [-0.39, 0.29) is 5.82 Å². The molecule has 0 fully saturated rings. The van der Waals surface area contributed by atoms with Gasteiger partial charge in [0.2, 0.25) is 0 Å². The van der Waals surface area contributed by atoms with Gasteiger partial charge >= 0.3 is 0 Å². The molecule has 4 heteroatoms. The average molecular weight is 217 g/mol. The van der Waals surface area contributed by atoms with Gasteiger partial charge in [0.15, 0.2) is 5.82 Å². The van der Waals surface area contributed by atoms with Crippen LogP contribution in [0.4, 0.5) is 21.6 Å². The largest absolute Gasteiger partial charge is 0.396 e. The standard InChI is InChI=1S/C12H12FN3/c1-8-6-7-10(14)12(15-8)16-11-5-3-2-4-9(11)13/h2-7H,14H2,1H3,(H,15,16). The number of pyridine rings is 1. The van der Waals surface area contributed by atoms with Gasteiger partial charge in [0.05, 0.1) is 11.4 Å². The van der Waals surface area contributed by atoms with Crippen molar-refractivity contribution in [2.45, 2.75) is 6.92 Å². The third-order valence-corrected chi connectivity index (χ3v) is 2.19. The molecule has 0 amide bonds. The molecule has 0 atom stereocenters. The zero-order valence-corrected chi connectivity index (χ0v) is 8.87. The van der Waals surface area contributed by atoms with Crippen LogP contribution in [-0.2, 0) is 0 Å². The Hall–Kier alpha value is -2.10. The van der Waals surface area contributed by atoms with Crippen LogP contribution in [-0.4, -0.2) is 4.98 Å². The van der Waals surface area contributed by atoms with Crippen molar-refractivity contribution in [2.24, 2.45) is 0 Å². The second-order valence-electron chi connectivity index (χ2n) is 3.50. The van der Waals surface area contributed by atoms with Crippen molar-refractivity contribution >= 4 is 17.2 Å². The molecule has 0 aliphatic heterocycles. The zero-order valence-electron chi connectivity index (χ0n) is 8.87. The Morgan fingerprint density at radius 1 is 1.19 bits per heavy atom. The number of para-hydroxylation sites is 1. The number of hydrogen-bond acceptors (Lipinski definition) is 3. The molecule has 3 nitrogen and oxygen atoms in total. The van der Waals surface area contributed by atoms with Crippen LogP contribution < -0.4 is 11.1 Å². The van der Waals surface area contributed by atoms with Gasteiger partial charge in [-0.3, -0.25) is 0 Å². The molecule has 2 rings (SSSR count). The minimum Gasteiger partial charge on any atom is -0.396 e. The molecule has 0 saturated heterocycles. The Morgan fingerprint density at radius 3 is 2.69 bits per heavy atom. The predicted molar refractivity (Wildman–Crippen MR) is 63.1 cm³/mol. The van der Waals surface area contributed by atoms with E-state index < -0.39 is 0 Å². The maximum absolute atomic E-state index is 13.4. The fraction of sp³-hybridized carbons (Fsp3) is 0.0833. The van der Waals surface area contributed by atoms with Crippen molar-refractivity contribution in [3.8, 4) is 0 Å². The number of nitrogen functional groups attached to an aromatic ring is 1. The number of aromatic nitrogens is 1. The molecule has 0 spiro atoms. The van der Waals surface area contributed by atoms with Crippen molar-refractivity contribution in [3.05, 3.63) is 47.9 Å². The smallest absolute Gasteiger partial charge is 0.153 e. The van der Waals surface area contributed by atoms with Gasteiger partial charge in [-0.2, -0.15) is 0 Å². The third-order valence-electron chi connectivity index (χ3n) is 2.19. The summed E-state index contributed by atoms with van der Waals surface area (Å²) < 4.78 is 13.4. The van der Waals surface area contributed by atoms with E-state index in [4.69, 9.17) is 5.73 Å². The molecule has 0 aliphatic carbocycles. The summed E-state index contributed by atoms with van der Waals surface area (Å²) in [5.41, 5.74) is 7.43. The monoisotopic (exact) mass is 217 g/mol.